The van der Waals surface area contributed by atoms with E-state index in [0.717, 1.165) is 24.5 Å². The molecule has 0 atom stereocenters. The fourth-order valence-electron chi connectivity index (χ4n) is 1.19. The van der Waals surface area contributed by atoms with Gasteiger partial charge in [0.05, 0.1) is 6.21 Å². The molecule has 0 aliphatic heterocycles. The van der Waals surface area contributed by atoms with E-state index in [0.29, 0.717) is 5.02 Å². The van der Waals surface area contributed by atoms with Gasteiger partial charge in [-0.05, 0) is 18.1 Å². The number of carboxylic acids is 1. The van der Waals surface area contributed by atoms with Crippen molar-refractivity contribution in [2.24, 2.45) is 21.7 Å². The molecule has 0 radical (unpaired) electrons. The highest BCUT2D eigenvalue weighted by molar-refractivity contribution is 6.33. The molecule has 0 bridgehead atoms. The number of aryl methyl sites for hydroxylation is 1. The fraction of sp³-hybridized carbons (Fsp3) is 0.250. The summed E-state index contributed by atoms with van der Waals surface area (Å²) in [6.45, 7) is 3.13. The number of hydrogen-bond donors (Lipinski definition) is 3. The molecule has 1 aromatic rings. The van der Waals surface area contributed by atoms with E-state index in [1.165, 1.54) is 0 Å². The highest BCUT2D eigenvalue weighted by atomic mass is 35.5. The van der Waals surface area contributed by atoms with Gasteiger partial charge in [0.1, 0.15) is 0 Å². The summed E-state index contributed by atoms with van der Waals surface area (Å²) >= 11 is 6.02. The first-order chi connectivity index (χ1) is 8.88. The topological polar surface area (TPSA) is 114 Å². The summed E-state index contributed by atoms with van der Waals surface area (Å²) in [6.07, 6.45) is 2.44. The molecule has 19 heavy (non-hydrogen) atoms. The monoisotopic (exact) mass is 284 g/mol. The Morgan fingerprint density at radius 1 is 1.47 bits per heavy atom. The van der Waals surface area contributed by atoms with Crippen molar-refractivity contribution in [2.75, 3.05) is 0 Å². The number of guanidine groups is 1. The maximum atomic E-state index is 9.00. The quantitative estimate of drug-likeness (QED) is 0.444. The lowest BCUT2D eigenvalue weighted by Crippen LogP contribution is -2.21. The lowest BCUT2D eigenvalue weighted by Gasteiger charge is -2.03. The molecule has 0 fully saturated rings. The third kappa shape index (κ3) is 7.77. The van der Waals surface area contributed by atoms with Gasteiger partial charge in [0.15, 0.2) is 0 Å². The van der Waals surface area contributed by atoms with E-state index in [9.17, 15) is 0 Å². The van der Waals surface area contributed by atoms with Crippen LogP contribution in [0.4, 0.5) is 0 Å². The molecule has 0 unspecified atom stereocenters. The zero-order valence-electron chi connectivity index (χ0n) is 10.8. The van der Waals surface area contributed by atoms with Crippen LogP contribution in [-0.2, 0) is 11.2 Å². The first-order valence-corrected chi connectivity index (χ1v) is 5.85. The van der Waals surface area contributed by atoms with Gasteiger partial charge in [-0.15, -0.1) is 5.10 Å². The second kappa shape index (κ2) is 8.93. The molecule has 104 valence electrons. The normalized spacial score (nSPS) is 9.63. The minimum atomic E-state index is -0.833. The summed E-state index contributed by atoms with van der Waals surface area (Å²) in [5.41, 5.74) is 12.3. The van der Waals surface area contributed by atoms with Crippen LogP contribution in [0, 0.1) is 0 Å². The number of nitrogens with zero attached hydrogens (tertiary/aromatic N) is 2. The molecule has 7 heteroatoms. The molecule has 0 aromatic heterocycles. The third-order valence-corrected chi connectivity index (χ3v) is 2.21. The average Bonchev–Trinajstić information content (AvgIpc) is 2.30. The molecule has 0 spiro atoms. The van der Waals surface area contributed by atoms with Crippen LogP contribution in [0.15, 0.2) is 28.4 Å². The molecule has 0 aliphatic rings. The average molecular weight is 285 g/mol. The van der Waals surface area contributed by atoms with E-state index in [4.69, 9.17) is 33.0 Å². The number of carboxylic acid groups (broad SMARTS) is 1. The Morgan fingerprint density at radius 2 is 2.05 bits per heavy atom. The predicted octanol–water partition coefficient (Wildman–Crippen LogP) is 1.60. The number of halogens is 1. The number of hydrogen-bond acceptors (Lipinski definition) is 3. The minimum absolute atomic E-state index is 0.0728. The smallest absolute Gasteiger partial charge is 0.300 e. The zero-order chi connectivity index (χ0) is 14.8. The Balaban J connectivity index is 0.000000711. The van der Waals surface area contributed by atoms with Crippen LogP contribution >= 0.6 is 11.6 Å². The lowest BCUT2D eigenvalue weighted by molar-refractivity contribution is -0.134. The van der Waals surface area contributed by atoms with Crippen molar-refractivity contribution >= 4 is 29.7 Å². The van der Waals surface area contributed by atoms with Gasteiger partial charge in [0.2, 0.25) is 5.96 Å². The van der Waals surface area contributed by atoms with Crippen LogP contribution < -0.4 is 11.5 Å². The molecule has 0 amide bonds. The number of aliphatic carboxylic acids is 1. The van der Waals surface area contributed by atoms with Crippen molar-refractivity contribution in [1.29, 1.82) is 0 Å². The van der Waals surface area contributed by atoms with Gasteiger partial charge in [-0.3, -0.25) is 4.79 Å². The standard InChI is InChI=1S/C10H13ClN4.C2H4O2/c1-2-7-4-3-5-9(11)8(7)6-14-15-10(12)13;1-2(3)4/h3-6H,2H2,1H3,(H4,12,13,15);1H3,(H,3,4). The van der Waals surface area contributed by atoms with E-state index in [-0.39, 0.29) is 5.96 Å². The van der Waals surface area contributed by atoms with Crippen molar-refractivity contribution in [2.45, 2.75) is 20.3 Å². The Hall–Kier alpha value is -2.08. The summed E-state index contributed by atoms with van der Waals surface area (Å²) < 4.78 is 0. The Bertz CT molecular complexity index is 479. The second-order valence-electron chi connectivity index (χ2n) is 3.45. The molecule has 1 aromatic carbocycles. The van der Waals surface area contributed by atoms with Crippen LogP contribution in [0.2, 0.25) is 5.02 Å². The van der Waals surface area contributed by atoms with Crippen LogP contribution in [-0.4, -0.2) is 23.2 Å². The van der Waals surface area contributed by atoms with Gasteiger partial charge in [-0.2, -0.15) is 5.10 Å². The number of nitrogens with two attached hydrogens (primary N) is 2. The van der Waals surface area contributed by atoms with Gasteiger partial charge >= 0.3 is 0 Å². The highest BCUT2D eigenvalue weighted by Gasteiger charge is 2.02. The molecule has 1 rings (SSSR count). The minimum Gasteiger partial charge on any atom is -0.481 e. The molecule has 0 aliphatic carbocycles. The van der Waals surface area contributed by atoms with Crippen LogP contribution in [0.3, 0.4) is 0 Å². The van der Waals surface area contributed by atoms with Crippen LogP contribution in [0.1, 0.15) is 25.0 Å². The van der Waals surface area contributed by atoms with Crippen molar-refractivity contribution in [3.05, 3.63) is 34.3 Å². The van der Waals surface area contributed by atoms with Gasteiger partial charge in [0, 0.05) is 17.5 Å². The lowest BCUT2D eigenvalue weighted by atomic mass is 10.1. The molecular formula is C12H17ClN4O2. The van der Waals surface area contributed by atoms with Crippen molar-refractivity contribution in [3.63, 3.8) is 0 Å². The SMILES string of the molecule is CC(=O)O.CCc1cccc(Cl)c1C=NN=C(N)N. The van der Waals surface area contributed by atoms with Gasteiger partial charge in [-0.1, -0.05) is 30.7 Å². The highest BCUT2D eigenvalue weighted by Crippen LogP contribution is 2.18. The first kappa shape index (κ1) is 16.9. The molecule has 0 saturated heterocycles. The zero-order valence-corrected chi connectivity index (χ0v) is 11.6. The van der Waals surface area contributed by atoms with Crippen LogP contribution in [0.25, 0.3) is 0 Å². The van der Waals surface area contributed by atoms with E-state index in [1.807, 2.05) is 19.1 Å². The van der Waals surface area contributed by atoms with E-state index in [1.54, 1.807) is 12.3 Å². The molecule has 5 N–H and O–H groups in total. The summed E-state index contributed by atoms with van der Waals surface area (Å²) in [4.78, 5) is 9.00. The molecular weight excluding hydrogens is 268 g/mol. The summed E-state index contributed by atoms with van der Waals surface area (Å²) in [7, 11) is 0. The van der Waals surface area contributed by atoms with Gasteiger partial charge in [-0.25, -0.2) is 0 Å². The summed E-state index contributed by atoms with van der Waals surface area (Å²) in [5.74, 6) is -0.906. The third-order valence-electron chi connectivity index (χ3n) is 1.88. The Kier molecular flexibility index (Phi) is 7.95. The van der Waals surface area contributed by atoms with Gasteiger partial charge in [0.25, 0.3) is 5.97 Å². The van der Waals surface area contributed by atoms with E-state index < -0.39 is 5.97 Å². The fourth-order valence-corrected chi connectivity index (χ4v) is 1.43. The number of rotatable bonds is 3. The number of carbonyl (C=O) groups is 1. The van der Waals surface area contributed by atoms with E-state index >= 15 is 0 Å². The van der Waals surface area contributed by atoms with Crippen molar-refractivity contribution in [3.8, 4) is 0 Å². The second-order valence-corrected chi connectivity index (χ2v) is 3.86. The van der Waals surface area contributed by atoms with Gasteiger partial charge < -0.3 is 16.6 Å². The maximum Gasteiger partial charge on any atom is 0.300 e. The van der Waals surface area contributed by atoms with Crippen LogP contribution in [0.5, 0.6) is 0 Å². The van der Waals surface area contributed by atoms with Crippen molar-refractivity contribution in [1.82, 2.24) is 0 Å². The van der Waals surface area contributed by atoms with E-state index in [2.05, 4.69) is 10.2 Å². The summed E-state index contributed by atoms with van der Waals surface area (Å²) in [5, 5.41) is 15.3. The maximum absolute atomic E-state index is 9.00. The Morgan fingerprint density at radius 3 is 2.53 bits per heavy atom. The molecule has 6 nitrogen and oxygen atoms in total. The molecule has 0 saturated carbocycles. The molecule has 0 heterocycles. The van der Waals surface area contributed by atoms with Crippen molar-refractivity contribution < 1.29 is 9.90 Å². The predicted molar refractivity (Wildman–Crippen MR) is 77.5 cm³/mol. The first-order valence-electron chi connectivity index (χ1n) is 5.47. The largest absolute Gasteiger partial charge is 0.481 e. The Labute approximate surface area is 116 Å². The summed E-state index contributed by atoms with van der Waals surface area (Å²) in [6, 6.07) is 5.69. The number of benzene rings is 1.